The fourth-order valence-electron chi connectivity index (χ4n) is 3.11. The minimum Gasteiger partial charge on any atom is -0.354 e. The lowest BCUT2D eigenvalue weighted by Gasteiger charge is -2.27. The van der Waals surface area contributed by atoms with Crippen molar-refractivity contribution < 1.29 is 9.59 Å². The van der Waals surface area contributed by atoms with Crippen LogP contribution in [0.4, 0.5) is 0 Å². The molecular weight excluding hydrogens is 347 g/mol. The summed E-state index contributed by atoms with van der Waals surface area (Å²) in [6.07, 6.45) is 4.03. The van der Waals surface area contributed by atoms with E-state index in [2.05, 4.69) is 10.6 Å². The SMILES string of the molecule is CC(C)(CNC(=O)CNC(=O)C1CCCC1)c1c(Cl)cccc1Cl. The second-order valence-corrected chi connectivity index (χ2v) is 7.77. The zero-order chi connectivity index (χ0) is 17.7. The molecule has 2 rings (SSSR count). The monoisotopic (exact) mass is 370 g/mol. The van der Waals surface area contributed by atoms with Gasteiger partial charge in [0.1, 0.15) is 0 Å². The Morgan fingerprint density at radius 3 is 2.29 bits per heavy atom. The van der Waals surface area contributed by atoms with Crippen molar-refractivity contribution >= 4 is 35.0 Å². The summed E-state index contributed by atoms with van der Waals surface area (Å²) in [4.78, 5) is 24.0. The minimum absolute atomic E-state index is 0.00165. The van der Waals surface area contributed by atoms with Crippen LogP contribution in [0.3, 0.4) is 0 Å². The molecule has 0 aliphatic heterocycles. The van der Waals surface area contributed by atoms with Crippen molar-refractivity contribution in [2.45, 2.75) is 44.9 Å². The molecule has 0 aromatic heterocycles. The number of amides is 2. The number of hydrogen-bond acceptors (Lipinski definition) is 2. The van der Waals surface area contributed by atoms with Crippen LogP contribution in [0.15, 0.2) is 18.2 Å². The molecule has 2 amide bonds. The molecule has 0 saturated heterocycles. The van der Waals surface area contributed by atoms with Gasteiger partial charge in [-0.2, -0.15) is 0 Å². The molecule has 1 aliphatic carbocycles. The Balaban J connectivity index is 1.85. The number of rotatable bonds is 6. The Morgan fingerprint density at radius 1 is 1.12 bits per heavy atom. The summed E-state index contributed by atoms with van der Waals surface area (Å²) < 4.78 is 0. The largest absolute Gasteiger partial charge is 0.354 e. The van der Waals surface area contributed by atoms with Crippen molar-refractivity contribution in [2.75, 3.05) is 13.1 Å². The fourth-order valence-corrected chi connectivity index (χ4v) is 4.02. The van der Waals surface area contributed by atoms with Crippen LogP contribution in [0.1, 0.15) is 45.1 Å². The maximum Gasteiger partial charge on any atom is 0.239 e. The maximum absolute atomic E-state index is 12.0. The lowest BCUT2D eigenvalue weighted by atomic mass is 9.84. The average molecular weight is 371 g/mol. The maximum atomic E-state index is 12.0. The molecule has 1 aliphatic rings. The predicted octanol–water partition coefficient (Wildman–Crippen LogP) is 3.69. The van der Waals surface area contributed by atoms with E-state index in [1.165, 1.54) is 0 Å². The first-order chi connectivity index (χ1) is 11.3. The highest BCUT2D eigenvalue weighted by molar-refractivity contribution is 6.36. The lowest BCUT2D eigenvalue weighted by molar-refractivity contribution is -0.128. The molecule has 6 heteroatoms. The van der Waals surface area contributed by atoms with E-state index in [0.717, 1.165) is 31.2 Å². The first-order valence-electron chi connectivity index (χ1n) is 8.30. The van der Waals surface area contributed by atoms with E-state index in [1.54, 1.807) is 18.2 Å². The molecule has 1 aromatic rings. The van der Waals surface area contributed by atoms with Crippen molar-refractivity contribution in [1.82, 2.24) is 10.6 Å². The van der Waals surface area contributed by atoms with Gasteiger partial charge in [-0.05, 0) is 30.5 Å². The van der Waals surface area contributed by atoms with Gasteiger partial charge in [-0.25, -0.2) is 0 Å². The number of nitrogens with one attached hydrogen (secondary N) is 2. The molecule has 2 N–H and O–H groups in total. The Labute approximate surface area is 153 Å². The van der Waals surface area contributed by atoms with Crippen LogP contribution in [-0.2, 0) is 15.0 Å². The third kappa shape index (κ3) is 4.87. The molecule has 4 nitrogen and oxygen atoms in total. The molecule has 0 bridgehead atoms. The van der Waals surface area contributed by atoms with Crippen molar-refractivity contribution in [1.29, 1.82) is 0 Å². The van der Waals surface area contributed by atoms with Crippen molar-refractivity contribution in [3.8, 4) is 0 Å². The Kier molecular flexibility index (Phi) is 6.53. The zero-order valence-electron chi connectivity index (χ0n) is 14.1. The second kappa shape index (κ2) is 8.21. The normalized spacial score (nSPS) is 15.3. The van der Waals surface area contributed by atoms with Crippen LogP contribution < -0.4 is 10.6 Å². The van der Waals surface area contributed by atoms with Gasteiger partial charge in [0.2, 0.25) is 11.8 Å². The van der Waals surface area contributed by atoms with Crippen LogP contribution in [0, 0.1) is 5.92 Å². The van der Waals surface area contributed by atoms with E-state index in [9.17, 15) is 9.59 Å². The molecular formula is C18H24Cl2N2O2. The van der Waals surface area contributed by atoms with Gasteiger partial charge < -0.3 is 10.6 Å². The summed E-state index contributed by atoms with van der Waals surface area (Å²) in [5.74, 6) is -0.162. The zero-order valence-corrected chi connectivity index (χ0v) is 15.6. The molecule has 1 fully saturated rings. The number of hydrogen-bond donors (Lipinski definition) is 2. The van der Waals surface area contributed by atoms with Crippen molar-refractivity contribution in [2.24, 2.45) is 5.92 Å². The predicted molar refractivity (Wildman–Crippen MR) is 97.5 cm³/mol. The van der Waals surface area contributed by atoms with Gasteiger partial charge in [-0.15, -0.1) is 0 Å². The molecule has 0 radical (unpaired) electrons. The number of halogens is 2. The van der Waals surface area contributed by atoms with E-state index < -0.39 is 5.41 Å². The molecule has 0 spiro atoms. The van der Waals surface area contributed by atoms with E-state index in [-0.39, 0.29) is 24.3 Å². The van der Waals surface area contributed by atoms with Gasteiger partial charge in [0.05, 0.1) is 6.54 Å². The lowest BCUT2D eigenvalue weighted by Crippen LogP contribution is -2.43. The van der Waals surface area contributed by atoms with E-state index >= 15 is 0 Å². The standard InChI is InChI=1S/C18H24Cl2N2O2/c1-18(2,16-13(19)8-5-9-14(16)20)11-22-15(23)10-21-17(24)12-6-3-4-7-12/h5,8-9,12H,3-4,6-7,10-11H2,1-2H3,(H,21,24)(H,22,23). The van der Waals surface area contributed by atoms with Gasteiger partial charge in [0.15, 0.2) is 0 Å². The highest BCUT2D eigenvalue weighted by Crippen LogP contribution is 2.35. The summed E-state index contributed by atoms with van der Waals surface area (Å²) in [6.45, 7) is 4.32. The first kappa shape index (κ1) is 19.1. The topological polar surface area (TPSA) is 58.2 Å². The summed E-state index contributed by atoms with van der Waals surface area (Å²) in [5, 5.41) is 6.73. The quantitative estimate of drug-likeness (QED) is 0.801. The molecule has 1 saturated carbocycles. The highest BCUT2D eigenvalue weighted by Gasteiger charge is 2.27. The molecule has 1 aromatic carbocycles. The van der Waals surface area contributed by atoms with E-state index in [1.807, 2.05) is 13.8 Å². The molecule has 0 heterocycles. The Hall–Kier alpha value is -1.26. The smallest absolute Gasteiger partial charge is 0.239 e. The second-order valence-electron chi connectivity index (χ2n) is 6.96. The number of carbonyl (C=O) groups excluding carboxylic acids is 2. The minimum atomic E-state index is -0.416. The van der Waals surface area contributed by atoms with Gasteiger partial charge in [-0.3, -0.25) is 9.59 Å². The molecule has 0 atom stereocenters. The van der Waals surface area contributed by atoms with Crippen LogP contribution in [-0.4, -0.2) is 24.9 Å². The van der Waals surface area contributed by atoms with Gasteiger partial charge in [0.25, 0.3) is 0 Å². The number of carbonyl (C=O) groups is 2. The third-order valence-electron chi connectivity index (χ3n) is 4.52. The number of benzene rings is 1. The summed E-state index contributed by atoms with van der Waals surface area (Å²) >= 11 is 12.5. The van der Waals surface area contributed by atoms with Crippen LogP contribution >= 0.6 is 23.2 Å². The molecule has 0 unspecified atom stereocenters. The summed E-state index contributed by atoms with van der Waals surface area (Å²) in [7, 11) is 0. The van der Waals surface area contributed by atoms with Crippen molar-refractivity contribution in [3.63, 3.8) is 0 Å². The van der Waals surface area contributed by atoms with Crippen LogP contribution in [0.2, 0.25) is 10.0 Å². The summed E-state index contributed by atoms with van der Waals surface area (Å²) in [5.41, 5.74) is 0.393. The van der Waals surface area contributed by atoms with Gasteiger partial charge in [0, 0.05) is 27.9 Å². The fraction of sp³-hybridized carbons (Fsp3) is 0.556. The van der Waals surface area contributed by atoms with Crippen LogP contribution in [0.5, 0.6) is 0 Å². The Bertz CT molecular complexity index is 591. The highest BCUT2D eigenvalue weighted by atomic mass is 35.5. The third-order valence-corrected chi connectivity index (χ3v) is 5.15. The average Bonchev–Trinajstić information content (AvgIpc) is 3.04. The molecule has 24 heavy (non-hydrogen) atoms. The van der Waals surface area contributed by atoms with Gasteiger partial charge in [-0.1, -0.05) is 56.0 Å². The van der Waals surface area contributed by atoms with Crippen molar-refractivity contribution in [3.05, 3.63) is 33.8 Å². The van der Waals surface area contributed by atoms with Crippen LogP contribution in [0.25, 0.3) is 0 Å². The summed E-state index contributed by atoms with van der Waals surface area (Å²) in [6, 6.07) is 5.36. The Morgan fingerprint density at radius 2 is 1.71 bits per heavy atom. The molecule has 132 valence electrons. The van der Waals surface area contributed by atoms with Gasteiger partial charge >= 0.3 is 0 Å². The van der Waals surface area contributed by atoms with E-state index in [0.29, 0.717) is 16.6 Å². The van der Waals surface area contributed by atoms with E-state index in [4.69, 9.17) is 23.2 Å². The first-order valence-corrected chi connectivity index (χ1v) is 9.06.